The van der Waals surface area contributed by atoms with E-state index in [-0.39, 0.29) is 18.5 Å². The Hall–Kier alpha value is -1.76. The van der Waals surface area contributed by atoms with Crippen LogP contribution in [0.5, 0.6) is 5.75 Å². The van der Waals surface area contributed by atoms with Crippen LogP contribution in [-0.4, -0.2) is 48.4 Å². The molecular formula is C16H20F3NO3. The molecule has 0 aromatic heterocycles. The van der Waals surface area contributed by atoms with Gasteiger partial charge >= 0.3 is 12.1 Å². The third-order valence-electron chi connectivity index (χ3n) is 3.96. The molecule has 0 spiro atoms. The predicted octanol–water partition coefficient (Wildman–Crippen LogP) is 3.43. The number of likely N-dealkylation sites (tertiary alicyclic amines) is 1. The quantitative estimate of drug-likeness (QED) is 0.812. The third kappa shape index (κ3) is 5.42. The first-order valence-corrected chi connectivity index (χ1v) is 7.61. The maximum atomic E-state index is 12.7. The van der Waals surface area contributed by atoms with Crippen molar-refractivity contribution >= 4 is 5.97 Å². The Balaban J connectivity index is 1.70. The maximum absolute atomic E-state index is 12.7. The Labute approximate surface area is 132 Å². The molecule has 1 heterocycles. The standard InChI is InChI=1S/C16H20F3NO3/c17-16(18,19)13-3-1-8-20(11-13)9-2-10-23-14-6-4-12(5-7-14)15(21)22/h4-7,13H,1-3,8-11H2,(H,21,22). The van der Waals surface area contributed by atoms with Crippen LogP contribution in [-0.2, 0) is 0 Å². The summed E-state index contributed by atoms with van der Waals surface area (Å²) in [5, 5.41) is 8.79. The van der Waals surface area contributed by atoms with Crippen molar-refractivity contribution in [3.63, 3.8) is 0 Å². The van der Waals surface area contributed by atoms with Crippen molar-refractivity contribution in [2.45, 2.75) is 25.4 Å². The van der Waals surface area contributed by atoms with Crippen LogP contribution >= 0.6 is 0 Å². The van der Waals surface area contributed by atoms with E-state index >= 15 is 0 Å². The predicted molar refractivity (Wildman–Crippen MR) is 78.7 cm³/mol. The minimum Gasteiger partial charge on any atom is -0.494 e. The van der Waals surface area contributed by atoms with Crippen LogP contribution < -0.4 is 4.74 Å². The molecular weight excluding hydrogens is 311 g/mol. The molecule has 1 aliphatic heterocycles. The van der Waals surface area contributed by atoms with Crippen molar-refractivity contribution in [3.8, 4) is 5.75 Å². The van der Waals surface area contributed by atoms with Crippen molar-refractivity contribution < 1.29 is 27.8 Å². The minimum atomic E-state index is -4.11. The summed E-state index contributed by atoms with van der Waals surface area (Å²) in [6.45, 7) is 1.72. The van der Waals surface area contributed by atoms with Crippen molar-refractivity contribution in [2.75, 3.05) is 26.2 Å². The first-order valence-electron chi connectivity index (χ1n) is 7.61. The van der Waals surface area contributed by atoms with Crippen LogP contribution in [0.2, 0.25) is 0 Å². The van der Waals surface area contributed by atoms with E-state index in [1.165, 1.54) is 12.1 Å². The van der Waals surface area contributed by atoms with Crippen LogP contribution in [0.25, 0.3) is 0 Å². The van der Waals surface area contributed by atoms with E-state index in [9.17, 15) is 18.0 Å². The minimum absolute atomic E-state index is 0.0663. The van der Waals surface area contributed by atoms with Gasteiger partial charge in [-0.3, -0.25) is 0 Å². The number of hydrogen-bond donors (Lipinski definition) is 1. The number of ether oxygens (including phenoxy) is 1. The molecule has 4 nitrogen and oxygen atoms in total. The summed E-state index contributed by atoms with van der Waals surface area (Å²) < 4.78 is 43.6. The summed E-state index contributed by atoms with van der Waals surface area (Å²) >= 11 is 0. The second kappa shape index (κ2) is 7.68. The summed E-state index contributed by atoms with van der Waals surface area (Å²) in [4.78, 5) is 12.6. The smallest absolute Gasteiger partial charge is 0.393 e. The molecule has 1 N–H and O–H groups in total. The highest BCUT2D eigenvalue weighted by Gasteiger charge is 2.41. The van der Waals surface area contributed by atoms with Crippen molar-refractivity contribution in [2.24, 2.45) is 5.92 Å². The molecule has 128 valence electrons. The number of halogens is 3. The van der Waals surface area contributed by atoms with Gasteiger partial charge in [0.15, 0.2) is 0 Å². The van der Waals surface area contributed by atoms with Crippen LogP contribution in [0.3, 0.4) is 0 Å². The molecule has 7 heteroatoms. The van der Waals surface area contributed by atoms with Crippen LogP contribution in [0.1, 0.15) is 29.6 Å². The molecule has 1 aromatic carbocycles. The van der Waals surface area contributed by atoms with Gasteiger partial charge in [-0.05, 0) is 50.1 Å². The number of benzene rings is 1. The summed E-state index contributed by atoms with van der Waals surface area (Å²) in [6, 6.07) is 6.06. The van der Waals surface area contributed by atoms with Gasteiger partial charge in [-0.1, -0.05) is 0 Å². The number of aromatic carboxylic acids is 1. The molecule has 0 amide bonds. The van der Waals surface area contributed by atoms with E-state index in [2.05, 4.69) is 0 Å². The van der Waals surface area contributed by atoms with Crippen molar-refractivity contribution in [3.05, 3.63) is 29.8 Å². The molecule has 1 aromatic rings. The van der Waals surface area contributed by atoms with Crippen molar-refractivity contribution in [1.82, 2.24) is 4.90 Å². The molecule has 1 saturated heterocycles. The van der Waals surface area contributed by atoms with Gasteiger partial charge in [0, 0.05) is 13.1 Å². The molecule has 1 unspecified atom stereocenters. The summed E-state index contributed by atoms with van der Waals surface area (Å²) in [7, 11) is 0. The molecule has 2 rings (SSSR count). The van der Waals surface area contributed by atoms with E-state index in [1.807, 2.05) is 4.90 Å². The molecule has 0 radical (unpaired) electrons. The van der Waals surface area contributed by atoms with Gasteiger partial charge in [-0.15, -0.1) is 0 Å². The lowest BCUT2D eigenvalue weighted by atomic mass is 9.97. The van der Waals surface area contributed by atoms with E-state index in [1.54, 1.807) is 12.1 Å². The lowest BCUT2D eigenvalue weighted by Gasteiger charge is -2.33. The largest absolute Gasteiger partial charge is 0.494 e. The Morgan fingerprint density at radius 2 is 2.00 bits per heavy atom. The van der Waals surface area contributed by atoms with Gasteiger partial charge in [0.05, 0.1) is 18.1 Å². The number of piperidine rings is 1. The van der Waals surface area contributed by atoms with Gasteiger partial charge in [-0.25, -0.2) is 4.79 Å². The van der Waals surface area contributed by atoms with Crippen LogP contribution in [0.4, 0.5) is 13.2 Å². The van der Waals surface area contributed by atoms with Gasteiger partial charge in [-0.2, -0.15) is 13.2 Å². The van der Waals surface area contributed by atoms with E-state index in [4.69, 9.17) is 9.84 Å². The average molecular weight is 331 g/mol. The number of carboxylic acid groups (broad SMARTS) is 1. The monoisotopic (exact) mass is 331 g/mol. The lowest BCUT2D eigenvalue weighted by molar-refractivity contribution is -0.186. The Bertz CT molecular complexity index is 516. The van der Waals surface area contributed by atoms with Crippen molar-refractivity contribution in [1.29, 1.82) is 0 Å². The molecule has 0 saturated carbocycles. The normalized spacial score (nSPS) is 19.5. The highest BCUT2D eigenvalue weighted by molar-refractivity contribution is 5.87. The summed E-state index contributed by atoms with van der Waals surface area (Å²) in [5.41, 5.74) is 0.184. The first kappa shape index (κ1) is 17.6. The zero-order valence-corrected chi connectivity index (χ0v) is 12.7. The van der Waals surface area contributed by atoms with E-state index in [0.717, 1.165) is 0 Å². The highest BCUT2D eigenvalue weighted by atomic mass is 19.4. The zero-order valence-electron chi connectivity index (χ0n) is 12.7. The Kier molecular flexibility index (Phi) is 5.87. The number of carboxylic acids is 1. The first-order chi connectivity index (χ1) is 10.9. The average Bonchev–Trinajstić information content (AvgIpc) is 2.51. The SMILES string of the molecule is O=C(O)c1ccc(OCCCN2CCCC(C(F)(F)F)C2)cc1. The molecule has 0 bridgehead atoms. The second-order valence-corrected chi connectivity index (χ2v) is 5.71. The summed E-state index contributed by atoms with van der Waals surface area (Å²) in [5.74, 6) is -1.66. The lowest BCUT2D eigenvalue weighted by Crippen LogP contribution is -2.42. The summed E-state index contributed by atoms with van der Waals surface area (Å²) in [6.07, 6.45) is -2.69. The van der Waals surface area contributed by atoms with Crippen LogP contribution in [0, 0.1) is 5.92 Å². The maximum Gasteiger partial charge on any atom is 0.393 e. The third-order valence-corrected chi connectivity index (χ3v) is 3.96. The second-order valence-electron chi connectivity index (χ2n) is 5.71. The molecule has 1 fully saturated rings. The molecule has 0 aliphatic carbocycles. The number of nitrogens with zero attached hydrogens (tertiary/aromatic N) is 1. The number of carbonyl (C=O) groups is 1. The fourth-order valence-corrected chi connectivity index (χ4v) is 2.70. The van der Waals surface area contributed by atoms with Gasteiger partial charge in [0.1, 0.15) is 5.75 Å². The Morgan fingerprint density at radius 1 is 1.30 bits per heavy atom. The van der Waals surface area contributed by atoms with Crippen LogP contribution in [0.15, 0.2) is 24.3 Å². The van der Waals surface area contributed by atoms with E-state index in [0.29, 0.717) is 38.3 Å². The highest BCUT2D eigenvalue weighted by Crippen LogP contribution is 2.33. The molecule has 1 aliphatic rings. The van der Waals surface area contributed by atoms with Gasteiger partial charge < -0.3 is 14.7 Å². The molecule has 23 heavy (non-hydrogen) atoms. The Morgan fingerprint density at radius 3 is 2.61 bits per heavy atom. The zero-order chi connectivity index (χ0) is 16.9. The fourth-order valence-electron chi connectivity index (χ4n) is 2.70. The molecule has 1 atom stereocenters. The van der Waals surface area contributed by atoms with Gasteiger partial charge in [0.2, 0.25) is 0 Å². The number of alkyl halides is 3. The van der Waals surface area contributed by atoms with Gasteiger partial charge in [0.25, 0.3) is 0 Å². The topological polar surface area (TPSA) is 49.8 Å². The van der Waals surface area contributed by atoms with E-state index < -0.39 is 18.1 Å². The number of hydrogen-bond acceptors (Lipinski definition) is 3. The fraction of sp³-hybridized carbons (Fsp3) is 0.562. The number of rotatable bonds is 6.